The lowest BCUT2D eigenvalue weighted by Gasteiger charge is -2.31. The molecular weight excluding hydrogens is 156 g/mol. The van der Waals surface area contributed by atoms with Crippen molar-refractivity contribution in [3.63, 3.8) is 0 Å². The average molecular weight is 174 g/mol. The maximum atomic E-state index is 4.23. The van der Waals surface area contributed by atoms with E-state index in [0.717, 1.165) is 12.3 Å². The second kappa shape index (κ2) is 5.01. The van der Waals surface area contributed by atoms with Gasteiger partial charge in [0.1, 0.15) is 0 Å². The van der Waals surface area contributed by atoms with E-state index in [9.17, 15) is 0 Å². The van der Waals surface area contributed by atoms with Crippen LogP contribution in [0, 0.1) is 0 Å². The van der Waals surface area contributed by atoms with Gasteiger partial charge in [-0.15, -0.1) is 0 Å². The maximum absolute atomic E-state index is 4.23. The Bertz CT molecular complexity index is 106. The topological polar surface area (TPSA) is 15.3 Å². The van der Waals surface area contributed by atoms with Crippen LogP contribution in [0.4, 0.5) is 0 Å². The fourth-order valence-electron chi connectivity index (χ4n) is 1.64. The molecule has 1 heterocycles. The molecule has 1 unspecified atom stereocenters. The molecule has 0 radical (unpaired) electrons. The molecule has 0 aliphatic carbocycles. The van der Waals surface area contributed by atoms with Crippen LogP contribution in [0.2, 0.25) is 0 Å². The van der Waals surface area contributed by atoms with Gasteiger partial charge in [0.05, 0.1) is 0 Å². The van der Waals surface area contributed by atoms with Gasteiger partial charge in [-0.05, 0) is 26.4 Å². The molecule has 0 saturated carbocycles. The van der Waals surface area contributed by atoms with Gasteiger partial charge in [-0.1, -0.05) is 0 Å². The van der Waals surface area contributed by atoms with E-state index in [1.54, 1.807) is 0 Å². The number of likely N-dealkylation sites (N-methyl/N-ethyl adjacent to an activating group) is 1. The van der Waals surface area contributed by atoms with Crippen LogP contribution in [0.5, 0.6) is 0 Å². The van der Waals surface area contributed by atoms with Gasteiger partial charge < -0.3 is 10.2 Å². The molecule has 66 valence electrons. The Morgan fingerprint density at radius 2 is 2.45 bits per heavy atom. The number of hydrogen-bond acceptors (Lipinski definition) is 3. The highest BCUT2D eigenvalue weighted by atomic mass is 32.1. The minimum atomic E-state index is 0.712. The van der Waals surface area contributed by atoms with Crippen molar-refractivity contribution in [2.24, 2.45) is 0 Å². The normalized spacial score (nSPS) is 27.3. The van der Waals surface area contributed by atoms with Gasteiger partial charge >= 0.3 is 0 Å². The molecule has 1 aliphatic rings. The number of rotatable bonds is 3. The quantitative estimate of drug-likeness (QED) is 0.609. The van der Waals surface area contributed by atoms with Crippen LogP contribution >= 0.6 is 12.6 Å². The van der Waals surface area contributed by atoms with Gasteiger partial charge in [-0.25, -0.2) is 0 Å². The zero-order valence-corrected chi connectivity index (χ0v) is 8.11. The highest BCUT2D eigenvalue weighted by Gasteiger charge is 2.16. The van der Waals surface area contributed by atoms with Crippen molar-refractivity contribution in [3.05, 3.63) is 0 Å². The van der Waals surface area contributed by atoms with Crippen LogP contribution in [0.1, 0.15) is 12.8 Å². The molecule has 0 spiro atoms. The Hall–Kier alpha value is 0.270. The maximum Gasteiger partial charge on any atom is 0.0192 e. The van der Waals surface area contributed by atoms with Crippen LogP contribution in [-0.4, -0.2) is 43.4 Å². The monoisotopic (exact) mass is 174 g/mol. The molecule has 0 aromatic carbocycles. The standard InChI is InChI=1S/C8H18N2S/c1-9-8-3-2-4-10(7-8)5-6-11/h8-9,11H,2-7H2,1H3. The van der Waals surface area contributed by atoms with E-state index in [-0.39, 0.29) is 0 Å². The number of hydrogen-bond donors (Lipinski definition) is 2. The van der Waals surface area contributed by atoms with Crippen molar-refractivity contribution in [1.82, 2.24) is 10.2 Å². The number of likely N-dealkylation sites (tertiary alicyclic amines) is 1. The Morgan fingerprint density at radius 1 is 1.64 bits per heavy atom. The summed E-state index contributed by atoms with van der Waals surface area (Å²) in [6, 6.07) is 0.712. The average Bonchev–Trinajstić information content (AvgIpc) is 2.06. The molecule has 2 nitrogen and oxygen atoms in total. The predicted octanol–water partition coefficient (Wildman–Crippen LogP) is 0.600. The Labute approximate surface area is 74.8 Å². The second-order valence-corrected chi connectivity index (χ2v) is 3.60. The first-order chi connectivity index (χ1) is 5.36. The highest BCUT2D eigenvalue weighted by Crippen LogP contribution is 2.08. The number of thiol groups is 1. The van der Waals surface area contributed by atoms with E-state index in [1.165, 1.54) is 25.9 Å². The van der Waals surface area contributed by atoms with Gasteiger partial charge in [0.2, 0.25) is 0 Å². The van der Waals surface area contributed by atoms with Crippen molar-refractivity contribution in [1.29, 1.82) is 0 Å². The summed E-state index contributed by atoms with van der Waals surface area (Å²) in [5, 5.41) is 3.33. The van der Waals surface area contributed by atoms with E-state index in [4.69, 9.17) is 0 Å². The largest absolute Gasteiger partial charge is 0.316 e. The lowest BCUT2D eigenvalue weighted by atomic mass is 10.1. The van der Waals surface area contributed by atoms with E-state index in [0.29, 0.717) is 6.04 Å². The van der Waals surface area contributed by atoms with E-state index < -0.39 is 0 Å². The number of nitrogens with one attached hydrogen (secondary N) is 1. The van der Waals surface area contributed by atoms with E-state index in [1.807, 2.05) is 0 Å². The van der Waals surface area contributed by atoms with Crippen LogP contribution in [0.3, 0.4) is 0 Å². The van der Waals surface area contributed by atoms with Crippen molar-refractivity contribution >= 4 is 12.6 Å². The van der Waals surface area contributed by atoms with Crippen molar-refractivity contribution in [3.8, 4) is 0 Å². The summed E-state index contributed by atoms with van der Waals surface area (Å²) in [6.07, 6.45) is 2.67. The molecule has 1 N–H and O–H groups in total. The predicted molar refractivity (Wildman–Crippen MR) is 52.4 cm³/mol. The third-order valence-corrected chi connectivity index (χ3v) is 2.53. The van der Waals surface area contributed by atoms with Gasteiger partial charge in [0.25, 0.3) is 0 Å². The van der Waals surface area contributed by atoms with Crippen LogP contribution in [0.15, 0.2) is 0 Å². The van der Waals surface area contributed by atoms with Crippen molar-refractivity contribution in [2.45, 2.75) is 18.9 Å². The zero-order chi connectivity index (χ0) is 8.10. The van der Waals surface area contributed by atoms with Crippen molar-refractivity contribution < 1.29 is 0 Å². The Balaban J connectivity index is 2.21. The molecule has 1 fully saturated rings. The summed E-state index contributed by atoms with van der Waals surface area (Å²) in [5.41, 5.74) is 0. The summed E-state index contributed by atoms with van der Waals surface area (Å²) < 4.78 is 0. The smallest absolute Gasteiger partial charge is 0.0192 e. The summed E-state index contributed by atoms with van der Waals surface area (Å²) in [7, 11) is 2.05. The Morgan fingerprint density at radius 3 is 3.09 bits per heavy atom. The van der Waals surface area contributed by atoms with Gasteiger partial charge in [-0.2, -0.15) is 12.6 Å². The fourth-order valence-corrected chi connectivity index (χ4v) is 1.92. The van der Waals surface area contributed by atoms with Gasteiger partial charge in [-0.3, -0.25) is 0 Å². The summed E-state index contributed by atoms with van der Waals surface area (Å²) in [5.74, 6) is 0.983. The molecule has 0 bridgehead atoms. The summed E-state index contributed by atoms with van der Waals surface area (Å²) in [4.78, 5) is 2.48. The third kappa shape index (κ3) is 3.01. The summed E-state index contributed by atoms with van der Waals surface area (Å²) in [6.45, 7) is 3.61. The molecule has 11 heavy (non-hydrogen) atoms. The summed E-state index contributed by atoms with van der Waals surface area (Å²) >= 11 is 4.23. The molecule has 0 aromatic heterocycles. The molecular formula is C8H18N2S. The van der Waals surface area contributed by atoms with Gasteiger partial charge in [0, 0.05) is 24.9 Å². The van der Waals surface area contributed by atoms with Crippen LogP contribution in [-0.2, 0) is 0 Å². The third-order valence-electron chi connectivity index (χ3n) is 2.33. The van der Waals surface area contributed by atoms with E-state index >= 15 is 0 Å². The first-order valence-corrected chi connectivity index (χ1v) is 5.00. The molecule has 1 saturated heterocycles. The SMILES string of the molecule is CNC1CCCN(CCS)C1. The minimum absolute atomic E-state index is 0.712. The Kier molecular flexibility index (Phi) is 4.26. The minimum Gasteiger partial charge on any atom is -0.316 e. The van der Waals surface area contributed by atoms with Crippen LogP contribution < -0.4 is 5.32 Å². The molecule has 0 aromatic rings. The molecule has 1 atom stereocenters. The molecule has 3 heteroatoms. The fraction of sp³-hybridized carbons (Fsp3) is 1.00. The molecule has 1 aliphatic heterocycles. The first-order valence-electron chi connectivity index (χ1n) is 4.37. The highest BCUT2D eigenvalue weighted by molar-refractivity contribution is 7.80. The number of nitrogens with zero attached hydrogens (tertiary/aromatic N) is 1. The zero-order valence-electron chi connectivity index (χ0n) is 7.21. The van der Waals surface area contributed by atoms with Gasteiger partial charge in [0.15, 0.2) is 0 Å². The van der Waals surface area contributed by atoms with E-state index in [2.05, 4.69) is 29.9 Å². The van der Waals surface area contributed by atoms with Crippen LogP contribution in [0.25, 0.3) is 0 Å². The second-order valence-electron chi connectivity index (χ2n) is 3.15. The number of piperidine rings is 1. The molecule has 0 amide bonds. The molecule has 1 rings (SSSR count). The van der Waals surface area contributed by atoms with Crippen molar-refractivity contribution in [2.75, 3.05) is 32.4 Å². The lowest BCUT2D eigenvalue weighted by Crippen LogP contribution is -2.44. The first kappa shape index (κ1) is 9.36. The lowest BCUT2D eigenvalue weighted by molar-refractivity contribution is 0.206.